The van der Waals surface area contributed by atoms with Gasteiger partial charge in [-0.25, -0.2) is 0 Å². The van der Waals surface area contributed by atoms with Crippen LogP contribution in [0.15, 0.2) is 36.4 Å². The van der Waals surface area contributed by atoms with Crippen LogP contribution >= 0.6 is 22.9 Å². The van der Waals surface area contributed by atoms with Crippen molar-refractivity contribution < 1.29 is 9.59 Å². The molecule has 0 bridgehead atoms. The Morgan fingerprint density at radius 2 is 1.84 bits per heavy atom. The minimum Gasteiger partial charge on any atom is -0.333 e. The van der Waals surface area contributed by atoms with Gasteiger partial charge >= 0.3 is 0 Å². The summed E-state index contributed by atoms with van der Waals surface area (Å²) in [6, 6.07) is 11.7. The number of nitrogens with zero attached hydrogens (tertiary/aromatic N) is 1. The maximum atomic E-state index is 12.8. The van der Waals surface area contributed by atoms with Crippen LogP contribution in [0.3, 0.4) is 0 Å². The molecule has 0 N–H and O–H groups in total. The first kappa shape index (κ1) is 18.2. The number of benzene rings is 1. The van der Waals surface area contributed by atoms with Crippen LogP contribution in [0.1, 0.15) is 58.8 Å². The van der Waals surface area contributed by atoms with E-state index in [4.69, 9.17) is 11.6 Å². The Labute approximate surface area is 157 Å². The highest BCUT2D eigenvalue weighted by molar-refractivity contribution is 7.14. The summed E-state index contributed by atoms with van der Waals surface area (Å²) in [5.41, 5.74) is 1.07. The summed E-state index contributed by atoms with van der Waals surface area (Å²) in [6.45, 7) is 4.03. The van der Waals surface area contributed by atoms with Crippen LogP contribution in [0.5, 0.6) is 0 Å². The van der Waals surface area contributed by atoms with Gasteiger partial charge in [-0.1, -0.05) is 23.7 Å². The molecule has 0 spiro atoms. The first-order valence-corrected chi connectivity index (χ1v) is 9.81. The summed E-state index contributed by atoms with van der Waals surface area (Å²) in [4.78, 5) is 28.9. The number of rotatable bonds is 7. The molecule has 1 saturated carbocycles. The highest BCUT2D eigenvalue weighted by Gasteiger charge is 2.36. The van der Waals surface area contributed by atoms with Crippen molar-refractivity contribution in [2.24, 2.45) is 0 Å². The predicted octanol–water partition coefficient (Wildman–Crippen LogP) is 5.43. The van der Waals surface area contributed by atoms with Crippen LogP contribution in [0.4, 0.5) is 0 Å². The van der Waals surface area contributed by atoms with Gasteiger partial charge < -0.3 is 4.90 Å². The number of carbonyl (C=O) groups excluding carboxylic acids is 2. The second-order valence-electron chi connectivity index (χ2n) is 6.59. The molecule has 1 aromatic carbocycles. The number of ketones is 1. The van der Waals surface area contributed by atoms with Crippen LogP contribution in [-0.4, -0.2) is 22.6 Å². The molecule has 5 heteroatoms. The summed E-state index contributed by atoms with van der Waals surface area (Å²) in [6.07, 6.45) is 2.63. The van der Waals surface area contributed by atoms with Gasteiger partial charge in [0.05, 0.1) is 10.9 Å². The number of aryl methyl sites for hydroxylation is 1. The van der Waals surface area contributed by atoms with Crippen molar-refractivity contribution in [3.05, 3.63) is 56.7 Å². The third-order valence-corrected chi connectivity index (χ3v) is 5.87. The zero-order valence-corrected chi connectivity index (χ0v) is 16.1. The molecule has 132 valence electrons. The number of carbonyl (C=O) groups is 2. The van der Waals surface area contributed by atoms with Gasteiger partial charge in [0.15, 0.2) is 5.78 Å². The average Bonchev–Trinajstić information content (AvgIpc) is 3.33. The molecule has 1 unspecified atom stereocenters. The van der Waals surface area contributed by atoms with E-state index in [1.165, 1.54) is 11.3 Å². The summed E-state index contributed by atoms with van der Waals surface area (Å²) in [7, 11) is 0. The quantitative estimate of drug-likeness (QED) is 0.605. The molecule has 1 atom stereocenters. The molecule has 1 aliphatic carbocycles. The number of Topliss-reactive ketones (excluding diaryl/α,β-unsaturated/α-hetero) is 1. The van der Waals surface area contributed by atoms with Gasteiger partial charge in [-0.15, -0.1) is 11.3 Å². The van der Waals surface area contributed by atoms with Gasteiger partial charge in [0, 0.05) is 28.8 Å². The van der Waals surface area contributed by atoms with Gasteiger partial charge in [-0.2, -0.15) is 0 Å². The number of halogens is 1. The van der Waals surface area contributed by atoms with Crippen LogP contribution < -0.4 is 0 Å². The topological polar surface area (TPSA) is 37.4 Å². The molecule has 0 radical (unpaired) electrons. The molecule has 0 aliphatic heterocycles. The average molecular weight is 376 g/mol. The first-order chi connectivity index (χ1) is 12.0. The van der Waals surface area contributed by atoms with E-state index in [1.807, 2.05) is 55.1 Å². The Bertz CT molecular complexity index is 764. The minimum atomic E-state index is -0.00338. The number of hydrogen-bond acceptors (Lipinski definition) is 3. The molecule has 1 heterocycles. The van der Waals surface area contributed by atoms with E-state index in [2.05, 4.69) is 0 Å². The Hall–Kier alpha value is -1.65. The number of hydrogen-bond donors (Lipinski definition) is 0. The van der Waals surface area contributed by atoms with Crippen LogP contribution in [0.2, 0.25) is 5.02 Å². The minimum absolute atomic E-state index is 0.00338. The molecule has 1 amide bonds. The Morgan fingerprint density at radius 3 is 2.40 bits per heavy atom. The normalized spacial score (nSPS) is 15.0. The third kappa shape index (κ3) is 4.50. The predicted molar refractivity (Wildman–Crippen MR) is 102 cm³/mol. The van der Waals surface area contributed by atoms with Gasteiger partial charge in [0.2, 0.25) is 5.91 Å². The van der Waals surface area contributed by atoms with Crippen LogP contribution in [0.25, 0.3) is 0 Å². The first-order valence-electron chi connectivity index (χ1n) is 8.62. The molecule has 3 nitrogen and oxygen atoms in total. The highest BCUT2D eigenvalue weighted by atomic mass is 35.5. The lowest BCUT2D eigenvalue weighted by atomic mass is 10.1. The standard InChI is InChI=1S/C20H22ClNO2S/c1-13-3-11-19(25-13)18(23)10-12-20(24)22(17-8-9-17)14(2)15-4-6-16(21)7-5-15/h3-7,11,14,17H,8-10,12H2,1-2H3. The third-order valence-electron chi connectivity index (χ3n) is 4.58. The van der Waals surface area contributed by atoms with Crippen molar-refractivity contribution in [3.63, 3.8) is 0 Å². The zero-order chi connectivity index (χ0) is 18.0. The van der Waals surface area contributed by atoms with Crippen molar-refractivity contribution in [3.8, 4) is 0 Å². The molecular formula is C20H22ClNO2S. The Morgan fingerprint density at radius 1 is 1.16 bits per heavy atom. The van der Waals surface area contributed by atoms with E-state index in [-0.39, 0.29) is 30.6 Å². The van der Waals surface area contributed by atoms with Gasteiger partial charge in [-0.3, -0.25) is 9.59 Å². The summed E-state index contributed by atoms with van der Waals surface area (Å²) in [5.74, 6) is 0.118. The van der Waals surface area contributed by atoms with Crippen LogP contribution in [0, 0.1) is 6.92 Å². The van der Waals surface area contributed by atoms with Crippen molar-refractivity contribution in [2.75, 3.05) is 0 Å². The lowest BCUT2D eigenvalue weighted by Gasteiger charge is -2.30. The van der Waals surface area contributed by atoms with E-state index in [0.29, 0.717) is 11.1 Å². The Kier molecular flexibility index (Phi) is 5.60. The molecular weight excluding hydrogens is 354 g/mol. The van der Waals surface area contributed by atoms with Crippen molar-refractivity contribution in [1.82, 2.24) is 4.90 Å². The van der Waals surface area contributed by atoms with E-state index >= 15 is 0 Å². The van der Waals surface area contributed by atoms with Crippen molar-refractivity contribution in [2.45, 2.75) is 51.6 Å². The van der Waals surface area contributed by atoms with E-state index < -0.39 is 0 Å². The fourth-order valence-corrected chi connectivity index (χ4v) is 4.01. The molecule has 1 aliphatic rings. The molecule has 2 aromatic rings. The number of thiophene rings is 1. The SMILES string of the molecule is Cc1ccc(C(=O)CCC(=O)N(C2CC2)C(C)c2ccc(Cl)cc2)s1. The second kappa shape index (κ2) is 7.71. The van der Waals surface area contributed by atoms with Crippen LogP contribution in [-0.2, 0) is 4.79 Å². The van der Waals surface area contributed by atoms with Gasteiger partial charge in [-0.05, 0) is 56.5 Å². The molecule has 1 aromatic heterocycles. The summed E-state index contributed by atoms with van der Waals surface area (Å²) < 4.78 is 0. The van der Waals surface area contributed by atoms with Crippen molar-refractivity contribution in [1.29, 1.82) is 0 Å². The van der Waals surface area contributed by atoms with Crippen molar-refractivity contribution >= 4 is 34.6 Å². The van der Waals surface area contributed by atoms with E-state index in [0.717, 1.165) is 28.2 Å². The second-order valence-corrected chi connectivity index (χ2v) is 8.32. The fourth-order valence-electron chi connectivity index (χ4n) is 3.05. The van der Waals surface area contributed by atoms with E-state index in [1.54, 1.807) is 0 Å². The van der Waals surface area contributed by atoms with Gasteiger partial charge in [0.1, 0.15) is 0 Å². The molecule has 1 fully saturated rings. The highest BCUT2D eigenvalue weighted by Crippen LogP contribution is 2.35. The molecule has 25 heavy (non-hydrogen) atoms. The summed E-state index contributed by atoms with van der Waals surface area (Å²) >= 11 is 7.45. The molecule has 3 rings (SSSR count). The lowest BCUT2D eigenvalue weighted by molar-refractivity contribution is -0.134. The molecule has 0 saturated heterocycles. The Balaban J connectivity index is 1.65. The fraction of sp³-hybridized carbons (Fsp3) is 0.400. The smallest absolute Gasteiger partial charge is 0.223 e. The number of amides is 1. The maximum Gasteiger partial charge on any atom is 0.223 e. The maximum absolute atomic E-state index is 12.8. The summed E-state index contributed by atoms with van der Waals surface area (Å²) in [5, 5.41) is 0.692. The largest absolute Gasteiger partial charge is 0.333 e. The monoisotopic (exact) mass is 375 g/mol. The van der Waals surface area contributed by atoms with E-state index in [9.17, 15) is 9.59 Å². The van der Waals surface area contributed by atoms with Gasteiger partial charge in [0.25, 0.3) is 0 Å². The zero-order valence-electron chi connectivity index (χ0n) is 14.5. The lowest BCUT2D eigenvalue weighted by Crippen LogP contribution is -2.35.